The molecule has 6 heteroatoms. The van der Waals surface area contributed by atoms with Gasteiger partial charge in [0.15, 0.2) is 0 Å². The highest BCUT2D eigenvalue weighted by molar-refractivity contribution is 5.97. The van der Waals surface area contributed by atoms with E-state index in [1.165, 1.54) is 11.1 Å². The minimum absolute atomic E-state index is 0.250. The fraction of sp³-hybridized carbons (Fsp3) is 0.467. The van der Waals surface area contributed by atoms with Crippen LogP contribution in [0.2, 0.25) is 0 Å². The third-order valence-electron chi connectivity index (χ3n) is 6.93. The second-order valence-corrected chi connectivity index (χ2v) is 10.4. The minimum Gasteiger partial charge on any atom is -0.489 e. The first-order valence-electron chi connectivity index (χ1n) is 12.7. The lowest BCUT2D eigenvalue weighted by molar-refractivity contribution is -0.145. The zero-order chi connectivity index (χ0) is 26.1. The molecule has 0 saturated heterocycles. The summed E-state index contributed by atoms with van der Waals surface area (Å²) in [6, 6.07) is 6.27. The Hall–Kier alpha value is -3.28. The summed E-state index contributed by atoms with van der Waals surface area (Å²) >= 11 is 0. The predicted molar refractivity (Wildman–Crippen MR) is 140 cm³/mol. The van der Waals surface area contributed by atoms with Crippen molar-refractivity contribution in [3.63, 3.8) is 0 Å². The SMILES string of the molecule is C=C(C)C(=O)OC(C)COc1c2c(c(OCC(C)OC(=O)C(=C)C)c3cc(C)ccc13)C1CCC2C1. The smallest absolute Gasteiger partial charge is 0.333 e. The molecule has 2 aliphatic carbocycles. The van der Waals surface area contributed by atoms with E-state index >= 15 is 0 Å². The number of fused-ring (bicyclic) bond motifs is 6. The van der Waals surface area contributed by atoms with Gasteiger partial charge in [0.25, 0.3) is 0 Å². The molecule has 1 saturated carbocycles. The standard InChI is InChI=1S/C30H36O6/c1-16(2)29(31)35-19(6)14-33-27-23-11-8-18(5)12-24(23)28(26-22-10-9-21(13-22)25(26)27)34-15-20(7)36-30(32)17(3)4/h8,11-12,19-22H,1,3,9-10,13-15H2,2,4-7H3. The number of esters is 2. The van der Waals surface area contributed by atoms with Gasteiger partial charge in [-0.05, 0) is 71.8 Å². The van der Waals surface area contributed by atoms with Gasteiger partial charge in [-0.2, -0.15) is 0 Å². The van der Waals surface area contributed by atoms with Crippen molar-refractivity contribution in [3.8, 4) is 11.5 Å². The quantitative estimate of drug-likeness (QED) is 0.287. The van der Waals surface area contributed by atoms with E-state index in [0.717, 1.165) is 47.1 Å². The van der Waals surface area contributed by atoms with Gasteiger partial charge < -0.3 is 18.9 Å². The van der Waals surface area contributed by atoms with E-state index < -0.39 is 24.1 Å². The van der Waals surface area contributed by atoms with E-state index in [2.05, 4.69) is 38.3 Å². The van der Waals surface area contributed by atoms with Crippen molar-refractivity contribution < 1.29 is 28.5 Å². The Morgan fingerprint density at radius 3 is 1.81 bits per heavy atom. The maximum atomic E-state index is 12.0. The van der Waals surface area contributed by atoms with Gasteiger partial charge in [-0.15, -0.1) is 0 Å². The summed E-state index contributed by atoms with van der Waals surface area (Å²) in [5, 5.41) is 1.97. The fourth-order valence-corrected chi connectivity index (χ4v) is 5.24. The minimum atomic E-state index is -0.416. The molecule has 0 aliphatic heterocycles. The van der Waals surface area contributed by atoms with E-state index in [9.17, 15) is 9.59 Å². The van der Waals surface area contributed by atoms with Crippen LogP contribution >= 0.6 is 0 Å². The van der Waals surface area contributed by atoms with E-state index in [1.807, 2.05) is 13.8 Å². The Kier molecular flexibility index (Phi) is 7.43. The van der Waals surface area contributed by atoms with Gasteiger partial charge in [0.2, 0.25) is 0 Å². The number of carbonyl (C=O) groups is 2. The molecule has 0 aromatic heterocycles. The summed E-state index contributed by atoms with van der Waals surface area (Å²) in [6.45, 7) is 16.8. The number of ether oxygens (including phenoxy) is 4. The molecule has 2 bridgehead atoms. The highest BCUT2D eigenvalue weighted by atomic mass is 16.6. The molecule has 0 spiro atoms. The molecule has 0 amide bonds. The number of hydrogen-bond donors (Lipinski definition) is 0. The van der Waals surface area contributed by atoms with E-state index in [0.29, 0.717) is 23.0 Å². The Bertz CT molecular complexity index is 1230. The highest BCUT2D eigenvalue weighted by Crippen LogP contribution is 2.61. The molecule has 192 valence electrons. The maximum Gasteiger partial charge on any atom is 0.333 e. The van der Waals surface area contributed by atoms with Crippen molar-refractivity contribution in [2.24, 2.45) is 0 Å². The average Bonchev–Trinajstić information content (AvgIpc) is 3.43. The van der Waals surface area contributed by atoms with Crippen molar-refractivity contribution in [1.82, 2.24) is 0 Å². The number of aryl methyl sites for hydroxylation is 1. The molecule has 1 fully saturated rings. The first-order valence-corrected chi connectivity index (χ1v) is 12.7. The molecule has 2 aliphatic rings. The monoisotopic (exact) mass is 492 g/mol. The molecule has 4 unspecified atom stereocenters. The molecule has 4 atom stereocenters. The van der Waals surface area contributed by atoms with Crippen LogP contribution in [-0.2, 0) is 19.1 Å². The molecule has 0 heterocycles. The maximum absolute atomic E-state index is 12.0. The van der Waals surface area contributed by atoms with E-state index in [1.54, 1.807) is 13.8 Å². The predicted octanol–water partition coefficient (Wildman–Crippen LogP) is 6.29. The number of hydrogen-bond acceptors (Lipinski definition) is 6. The second kappa shape index (κ2) is 10.4. The Morgan fingerprint density at radius 1 is 0.861 bits per heavy atom. The summed E-state index contributed by atoms with van der Waals surface area (Å²) in [6.07, 6.45) is 2.50. The third kappa shape index (κ3) is 5.13. The van der Waals surface area contributed by atoms with Gasteiger partial charge in [0, 0.05) is 33.0 Å². The summed E-state index contributed by atoms with van der Waals surface area (Å²) < 4.78 is 23.7. The van der Waals surface area contributed by atoms with Crippen LogP contribution < -0.4 is 9.47 Å². The van der Waals surface area contributed by atoms with Crippen LogP contribution in [0.3, 0.4) is 0 Å². The van der Waals surface area contributed by atoms with Crippen molar-refractivity contribution in [2.45, 2.75) is 77.9 Å². The van der Waals surface area contributed by atoms with Crippen LogP contribution in [0.4, 0.5) is 0 Å². The number of rotatable bonds is 10. The second-order valence-electron chi connectivity index (χ2n) is 10.4. The number of carbonyl (C=O) groups excluding carboxylic acids is 2. The van der Waals surface area contributed by atoms with Gasteiger partial charge in [-0.1, -0.05) is 30.9 Å². The van der Waals surface area contributed by atoms with Gasteiger partial charge in [0.05, 0.1) is 0 Å². The largest absolute Gasteiger partial charge is 0.489 e. The van der Waals surface area contributed by atoms with Crippen LogP contribution in [0.15, 0.2) is 42.5 Å². The van der Waals surface area contributed by atoms with E-state index in [-0.39, 0.29) is 13.2 Å². The van der Waals surface area contributed by atoms with Crippen LogP contribution in [-0.4, -0.2) is 37.4 Å². The van der Waals surface area contributed by atoms with Crippen molar-refractivity contribution >= 4 is 22.7 Å². The third-order valence-corrected chi connectivity index (χ3v) is 6.93. The van der Waals surface area contributed by atoms with Crippen LogP contribution in [0, 0.1) is 6.92 Å². The Labute approximate surface area is 213 Å². The molecular formula is C30H36O6. The average molecular weight is 493 g/mol. The summed E-state index contributed by atoms with van der Waals surface area (Å²) in [5.41, 5.74) is 4.27. The van der Waals surface area contributed by atoms with Gasteiger partial charge in [0.1, 0.15) is 36.9 Å². The fourth-order valence-electron chi connectivity index (χ4n) is 5.24. The normalized spacial score (nSPS) is 19.4. The van der Waals surface area contributed by atoms with Crippen LogP contribution in [0.1, 0.15) is 75.5 Å². The van der Waals surface area contributed by atoms with Crippen LogP contribution in [0.25, 0.3) is 10.8 Å². The lowest BCUT2D eigenvalue weighted by atomic mass is 9.87. The summed E-state index contributed by atoms with van der Waals surface area (Å²) in [7, 11) is 0. The zero-order valence-electron chi connectivity index (χ0n) is 21.9. The molecule has 0 N–H and O–H groups in total. The molecule has 2 aromatic carbocycles. The first kappa shape index (κ1) is 25.8. The van der Waals surface area contributed by atoms with Crippen molar-refractivity contribution in [1.29, 1.82) is 0 Å². The Balaban J connectivity index is 1.68. The van der Waals surface area contributed by atoms with Crippen molar-refractivity contribution in [3.05, 3.63) is 59.2 Å². The first-order chi connectivity index (χ1) is 17.1. The van der Waals surface area contributed by atoms with Gasteiger partial charge in [-0.25, -0.2) is 9.59 Å². The molecule has 4 rings (SSSR count). The zero-order valence-corrected chi connectivity index (χ0v) is 21.9. The van der Waals surface area contributed by atoms with Crippen LogP contribution in [0.5, 0.6) is 11.5 Å². The Morgan fingerprint density at radius 2 is 1.33 bits per heavy atom. The molecule has 36 heavy (non-hydrogen) atoms. The van der Waals surface area contributed by atoms with Gasteiger partial charge >= 0.3 is 11.9 Å². The topological polar surface area (TPSA) is 71.1 Å². The molecule has 6 nitrogen and oxygen atoms in total. The summed E-state index contributed by atoms with van der Waals surface area (Å²) in [5.74, 6) is 1.73. The summed E-state index contributed by atoms with van der Waals surface area (Å²) in [4.78, 5) is 23.9. The van der Waals surface area contributed by atoms with E-state index in [4.69, 9.17) is 18.9 Å². The number of benzene rings is 2. The van der Waals surface area contributed by atoms with Crippen molar-refractivity contribution in [2.75, 3.05) is 13.2 Å². The molecule has 2 aromatic rings. The lowest BCUT2D eigenvalue weighted by Gasteiger charge is -2.26. The van der Waals surface area contributed by atoms with Gasteiger partial charge in [-0.3, -0.25) is 0 Å². The molecule has 0 radical (unpaired) electrons. The lowest BCUT2D eigenvalue weighted by Crippen LogP contribution is -2.24. The highest BCUT2D eigenvalue weighted by Gasteiger charge is 2.43. The molecular weight excluding hydrogens is 456 g/mol.